The lowest BCUT2D eigenvalue weighted by atomic mass is 10.2. The quantitative estimate of drug-likeness (QED) is 0.742. The fourth-order valence-corrected chi connectivity index (χ4v) is 1.89. The topological polar surface area (TPSA) is 69.6 Å². The van der Waals surface area contributed by atoms with Crippen LogP contribution in [-0.2, 0) is 4.79 Å². The molecule has 1 aliphatic carbocycles. The number of nitrogens with zero attached hydrogens (tertiary/aromatic N) is 1. The molecule has 5 heteroatoms. The SMILES string of the molecule is CCCC(NC(=O)N(C)CC1CC1C)C(=O)O. The predicted octanol–water partition coefficient (Wildman–Crippen LogP) is 1.54. The Hall–Kier alpha value is -1.26. The average molecular weight is 242 g/mol. The first kappa shape index (κ1) is 13.8. The number of carbonyl (C=O) groups excluding carboxylic acids is 1. The minimum Gasteiger partial charge on any atom is -0.480 e. The minimum atomic E-state index is -0.964. The normalized spacial score (nSPS) is 23.9. The Morgan fingerprint density at radius 1 is 1.53 bits per heavy atom. The van der Waals surface area contributed by atoms with Gasteiger partial charge in [0.25, 0.3) is 0 Å². The number of aliphatic carboxylic acids is 1. The molecule has 1 aliphatic rings. The van der Waals surface area contributed by atoms with Crippen LogP contribution in [0.15, 0.2) is 0 Å². The van der Waals surface area contributed by atoms with E-state index in [4.69, 9.17) is 5.11 Å². The second-order valence-corrected chi connectivity index (χ2v) is 4.98. The summed E-state index contributed by atoms with van der Waals surface area (Å²) in [6, 6.07) is -1.06. The van der Waals surface area contributed by atoms with E-state index in [9.17, 15) is 9.59 Å². The first-order valence-electron chi connectivity index (χ1n) is 6.20. The van der Waals surface area contributed by atoms with Crippen molar-refractivity contribution >= 4 is 12.0 Å². The third kappa shape index (κ3) is 4.24. The maximum absolute atomic E-state index is 11.8. The lowest BCUT2D eigenvalue weighted by molar-refractivity contribution is -0.139. The molecule has 0 aromatic heterocycles. The molecule has 0 spiro atoms. The molecule has 3 atom stereocenters. The van der Waals surface area contributed by atoms with Crippen LogP contribution in [0.5, 0.6) is 0 Å². The molecule has 1 fully saturated rings. The maximum atomic E-state index is 11.8. The molecule has 0 aromatic rings. The summed E-state index contributed by atoms with van der Waals surface area (Å²) in [6.07, 6.45) is 2.37. The highest BCUT2D eigenvalue weighted by Crippen LogP contribution is 2.37. The highest BCUT2D eigenvalue weighted by molar-refractivity contribution is 5.82. The van der Waals surface area contributed by atoms with Crippen LogP contribution in [0.4, 0.5) is 4.79 Å². The van der Waals surface area contributed by atoms with Crippen molar-refractivity contribution in [3.05, 3.63) is 0 Å². The van der Waals surface area contributed by atoms with E-state index in [0.29, 0.717) is 24.8 Å². The van der Waals surface area contributed by atoms with Gasteiger partial charge in [-0.3, -0.25) is 0 Å². The van der Waals surface area contributed by atoms with Crippen molar-refractivity contribution in [3.8, 4) is 0 Å². The zero-order valence-corrected chi connectivity index (χ0v) is 10.8. The molecule has 0 heterocycles. The molecule has 0 bridgehead atoms. The molecular weight excluding hydrogens is 220 g/mol. The first-order chi connectivity index (χ1) is 7.95. The van der Waals surface area contributed by atoms with Crippen molar-refractivity contribution in [3.63, 3.8) is 0 Å². The van der Waals surface area contributed by atoms with E-state index in [-0.39, 0.29) is 6.03 Å². The van der Waals surface area contributed by atoms with Gasteiger partial charge in [-0.15, -0.1) is 0 Å². The van der Waals surface area contributed by atoms with Crippen LogP contribution in [0.2, 0.25) is 0 Å². The average Bonchev–Trinajstić information content (AvgIpc) is 2.93. The molecule has 0 saturated heterocycles. The van der Waals surface area contributed by atoms with Gasteiger partial charge < -0.3 is 15.3 Å². The number of amides is 2. The number of nitrogens with one attached hydrogen (secondary N) is 1. The molecule has 0 aliphatic heterocycles. The van der Waals surface area contributed by atoms with Crippen molar-refractivity contribution < 1.29 is 14.7 Å². The van der Waals surface area contributed by atoms with Gasteiger partial charge in [-0.2, -0.15) is 0 Å². The van der Waals surface area contributed by atoms with Crippen molar-refractivity contribution in [1.29, 1.82) is 0 Å². The summed E-state index contributed by atoms with van der Waals surface area (Å²) >= 11 is 0. The van der Waals surface area contributed by atoms with Gasteiger partial charge in [0.15, 0.2) is 0 Å². The van der Waals surface area contributed by atoms with Crippen molar-refractivity contribution in [2.75, 3.05) is 13.6 Å². The molecule has 2 amide bonds. The predicted molar refractivity (Wildman–Crippen MR) is 64.8 cm³/mol. The third-order valence-electron chi connectivity index (χ3n) is 3.30. The number of rotatable bonds is 6. The summed E-state index contributed by atoms with van der Waals surface area (Å²) < 4.78 is 0. The van der Waals surface area contributed by atoms with E-state index in [1.807, 2.05) is 6.92 Å². The maximum Gasteiger partial charge on any atom is 0.326 e. The second kappa shape index (κ2) is 5.89. The van der Waals surface area contributed by atoms with E-state index >= 15 is 0 Å². The Morgan fingerprint density at radius 2 is 2.12 bits per heavy atom. The van der Waals surface area contributed by atoms with Crippen LogP contribution in [0.1, 0.15) is 33.1 Å². The summed E-state index contributed by atoms with van der Waals surface area (Å²) in [7, 11) is 1.71. The zero-order chi connectivity index (χ0) is 13.0. The Bertz CT molecular complexity index is 293. The van der Waals surface area contributed by atoms with Gasteiger partial charge in [-0.25, -0.2) is 9.59 Å². The summed E-state index contributed by atoms with van der Waals surface area (Å²) in [5, 5.41) is 11.5. The number of urea groups is 1. The molecule has 98 valence electrons. The lowest BCUT2D eigenvalue weighted by Crippen LogP contribution is -2.47. The van der Waals surface area contributed by atoms with Gasteiger partial charge in [0, 0.05) is 13.6 Å². The number of hydrogen-bond acceptors (Lipinski definition) is 2. The number of carboxylic acid groups (broad SMARTS) is 1. The molecule has 2 N–H and O–H groups in total. The molecular formula is C12H22N2O3. The molecule has 0 aromatic carbocycles. The molecule has 17 heavy (non-hydrogen) atoms. The van der Waals surface area contributed by atoms with E-state index < -0.39 is 12.0 Å². The Morgan fingerprint density at radius 3 is 2.53 bits per heavy atom. The van der Waals surface area contributed by atoms with Crippen LogP contribution in [0, 0.1) is 11.8 Å². The summed E-state index contributed by atoms with van der Waals surface area (Å²) in [5.74, 6) is 0.310. The number of hydrogen-bond donors (Lipinski definition) is 2. The number of carbonyl (C=O) groups is 2. The van der Waals surface area contributed by atoms with E-state index in [2.05, 4.69) is 12.2 Å². The Balaban J connectivity index is 2.37. The van der Waals surface area contributed by atoms with Gasteiger partial charge in [0.05, 0.1) is 0 Å². The van der Waals surface area contributed by atoms with Crippen LogP contribution < -0.4 is 5.32 Å². The highest BCUT2D eigenvalue weighted by Gasteiger charge is 2.34. The smallest absolute Gasteiger partial charge is 0.326 e. The third-order valence-corrected chi connectivity index (χ3v) is 3.30. The summed E-state index contributed by atoms with van der Waals surface area (Å²) in [4.78, 5) is 24.2. The van der Waals surface area contributed by atoms with Crippen molar-refractivity contribution in [2.24, 2.45) is 11.8 Å². The van der Waals surface area contributed by atoms with Gasteiger partial charge in [-0.1, -0.05) is 20.3 Å². The van der Waals surface area contributed by atoms with Gasteiger partial charge in [0.2, 0.25) is 0 Å². The van der Waals surface area contributed by atoms with Crippen LogP contribution >= 0.6 is 0 Å². The fraction of sp³-hybridized carbons (Fsp3) is 0.833. The standard InChI is InChI=1S/C12H22N2O3/c1-4-5-10(11(15)16)13-12(17)14(3)7-9-6-8(9)2/h8-10H,4-7H2,1-3H3,(H,13,17)(H,15,16). The van der Waals surface area contributed by atoms with Crippen LogP contribution in [-0.4, -0.2) is 41.6 Å². The van der Waals surface area contributed by atoms with Gasteiger partial charge >= 0.3 is 12.0 Å². The van der Waals surface area contributed by atoms with Gasteiger partial charge in [0.1, 0.15) is 6.04 Å². The lowest BCUT2D eigenvalue weighted by Gasteiger charge is -2.21. The summed E-state index contributed by atoms with van der Waals surface area (Å²) in [6.45, 7) is 4.77. The molecule has 5 nitrogen and oxygen atoms in total. The molecule has 0 radical (unpaired) electrons. The largest absolute Gasteiger partial charge is 0.480 e. The monoisotopic (exact) mass is 242 g/mol. The molecule has 3 unspecified atom stereocenters. The minimum absolute atomic E-state index is 0.287. The fourth-order valence-electron chi connectivity index (χ4n) is 1.89. The Labute approximate surface area is 102 Å². The van der Waals surface area contributed by atoms with Crippen molar-refractivity contribution in [1.82, 2.24) is 10.2 Å². The van der Waals surface area contributed by atoms with Crippen LogP contribution in [0.3, 0.4) is 0 Å². The molecule has 1 saturated carbocycles. The highest BCUT2D eigenvalue weighted by atomic mass is 16.4. The van der Waals surface area contributed by atoms with E-state index in [1.165, 1.54) is 0 Å². The van der Waals surface area contributed by atoms with E-state index in [1.54, 1.807) is 11.9 Å². The van der Waals surface area contributed by atoms with Gasteiger partial charge in [-0.05, 0) is 24.7 Å². The van der Waals surface area contributed by atoms with Crippen molar-refractivity contribution in [2.45, 2.75) is 39.2 Å². The van der Waals surface area contributed by atoms with E-state index in [0.717, 1.165) is 12.8 Å². The molecule has 1 rings (SSSR count). The number of carboxylic acids is 1. The second-order valence-electron chi connectivity index (χ2n) is 4.98. The first-order valence-corrected chi connectivity index (χ1v) is 6.20. The zero-order valence-electron chi connectivity index (χ0n) is 10.8. The Kier molecular flexibility index (Phi) is 4.78. The van der Waals surface area contributed by atoms with Crippen LogP contribution in [0.25, 0.3) is 0 Å². The summed E-state index contributed by atoms with van der Waals surface area (Å²) in [5.41, 5.74) is 0.